The quantitative estimate of drug-likeness (QED) is 0.836. The number of hydrogen-bond acceptors (Lipinski definition) is 3. The summed E-state index contributed by atoms with van der Waals surface area (Å²) in [5.41, 5.74) is 0.393. The lowest BCUT2D eigenvalue weighted by atomic mass is 10.1. The molecule has 1 heterocycles. The number of hydrogen-bond donors (Lipinski definition) is 0. The molecular weight excluding hydrogens is 320 g/mol. The van der Waals surface area contributed by atoms with Crippen molar-refractivity contribution in [3.63, 3.8) is 0 Å². The molecule has 20 heavy (non-hydrogen) atoms. The number of benzene rings is 1. The van der Waals surface area contributed by atoms with E-state index in [1.807, 2.05) is 45.9 Å². The molecule has 0 saturated carbocycles. The average Bonchev–Trinajstić information content (AvgIpc) is 2.35. The molecule has 1 aromatic carbocycles. The van der Waals surface area contributed by atoms with Crippen molar-refractivity contribution in [3.8, 4) is 11.6 Å². The fraction of sp³-hybridized carbons (Fsp3) is 0.333. The Bertz CT molecular complexity index is 687. The molecule has 0 fully saturated rings. The second-order valence-corrected chi connectivity index (χ2v) is 6.51. The van der Waals surface area contributed by atoms with Gasteiger partial charge < -0.3 is 9.30 Å². The van der Waals surface area contributed by atoms with E-state index < -0.39 is 0 Å². The Hall–Kier alpha value is -1.62. The number of halogens is 1. The van der Waals surface area contributed by atoms with E-state index in [1.54, 1.807) is 17.0 Å². The van der Waals surface area contributed by atoms with Crippen LogP contribution in [0, 0.1) is 6.92 Å². The van der Waals surface area contributed by atoms with E-state index in [1.165, 1.54) is 0 Å². The van der Waals surface area contributed by atoms with Crippen LogP contribution in [0.5, 0.6) is 11.6 Å². The van der Waals surface area contributed by atoms with Gasteiger partial charge in [0.15, 0.2) is 0 Å². The summed E-state index contributed by atoms with van der Waals surface area (Å²) >= 11 is 3.39. The minimum absolute atomic E-state index is 0.0867. The second kappa shape index (κ2) is 5.40. The normalized spacial score (nSPS) is 11.4. The van der Waals surface area contributed by atoms with Gasteiger partial charge in [-0.2, -0.15) is 0 Å². The maximum atomic E-state index is 12.4. The standard InChI is InChI=1S/C15H17BrN2O2/c1-10-5-6-11(16)9-12(10)20-13-14(19)18(8-7-17-13)15(2,3)4/h5-9H,1-4H3. The van der Waals surface area contributed by atoms with Crippen LogP contribution in [0.3, 0.4) is 0 Å². The summed E-state index contributed by atoms with van der Waals surface area (Å²) < 4.78 is 8.19. The van der Waals surface area contributed by atoms with Crippen LogP contribution >= 0.6 is 15.9 Å². The van der Waals surface area contributed by atoms with Gasteiger partial charge in [0, 0.05) is 22.4 Å². The molecule has 0 amide bonds. The van der Waals surface area contributed by atoms with Gasteiger partial charge in [0.25, 0.3) is 5.88 Å². The van der Waals surface area contributed by atoms with Crippen LogP contribution in [0.25, 0.3) is 0 Å². The Kier molecular flexibility index (Phi) is 3.99. The van der Waals surface area contributed by atoms with E-state index in [4.69, 9.17) is 4.74 Å². The van der Waals surface area contributed by atoms with Gasteiger partial charge in [0.2, 0.25) is 0 Å². The van der Waals surface area contributed by atoms with Gasteiger partial charge in [0.1, 0.15) is 5.75 Å². The molecule has 2 aromatic rings. The van der Waals surface area contributed by atoms with E-state index in [-0.39, 0.29) is 17.0 Å². The summed E-state index contributed by atoms with van der Waals surface area (Å²) in [6, 6.07) is 5.67. The molecule has 4 nitrogen and oxygen atoms in total. The van der Waals surface area contributed by atoms with Crippen molar-refractivity contribution >= 4 is 15.9 Å². The molecule has 0 aliphatic carbocycles. The molecule has 0 radical (unpaired) electrons. The van der Waals surface area contributed by atoms with Gasteiger partial charge in [0.05, 0.1) is 0 Å². The van der Waals surface area contributed by atoms with Crippen molar-refractivity contribution in [1.82, 2.24) is 9.55 Å². The number of rotatable bonds is 2. The largest absolute Gasteiger partial charge is 0.434 e. The van der Waals surface area contributed by atoms with Crippen LogP contribution in [0.1, 0.15) is 26.3 Å². The van der Waals surface area contributed by atoms with Crippen LogP contribution in [-0.4, -0.2) is 9.55 Å². The molecule has 0 aliphatic heterocycles. The number of ether oxygens (including phenoxy) is 1. The van der Waals surface area contributed by atoms with Gasteiger partial charge in [-0.3, -0.25) is 4.79 Å². The summed E-state index contributed by atoms with van der Waals surface area (Å²) in [6.07, 6.45) is 3.25. The van der Waals surface area contributed by atoms with Gasteiger partial charge in [-0.15, -0.1) is 0 Å². The Morgan fingerprint density at radius 3 is 2.65 bits per heavy atom. The number of aryl methyl sites for hydroxylation is 1. The zero-order valence-electron chi connectivity index (χ0n) is 12.0. The maximum absolute atomic E-state index is 12.4. The molecule has 5 heteroatoms. The van der Waals surface area contributed by atoms with Crippen LogP contribution in [0.4, 0.5) is 0 Å². The molecule has 0 unspecified atom stereocenters. The summed E-state index contributed by atoms with van der Waals surface area (Å²) in [7, 11) is 0. The highest BCUT2D eigenvalue weighted by Crippen LogP contribution is 2.26. The lowest BCUT2D eigenvalue weighted by molar-refractivity contribution is 0.362. The van der Waals surface area contributed by atoms with E-state index in [0.717, 1.165) is 10.0 Å². The van der Waals surface area contributed by atoms with Crippen molar-refractivity contribution in [1.29, 1.82) is 0 Å². The Morgan fingerprint density at radius 2 is 2.00 bits per heavy atom. The minimum Gasteiger partial charge on any atom is -0.434 e. The van der Waals surface area contributed by atoms with Crippen molar-refractivity contribution in [3.05, 3.63) is 51.0 Å². The predicted octanol–water partition coefficient (Wildman–Crippen LogP) is 3.86. The van der Waals surface area contributed by atoms with Crippen LogP contribution in [0.2, 0.25) is 0 Å². The number of aromatic nitrogens is 2. The van der Waals surface area contributed by atoms with Crippen molar-refractivity contribution in [2.24, 2.45) is 0 Å². The highest BCUT2D eigenvalue weighted by Gasteiger charge is 2.18. The topological polar surface area (TPSA) is 44.1 Å². The molecule has 0 saturated heterocycles. The first-order chi connectivity index (χ1) is 9.29. The van der Waals surface area contributed by atoms with Gasteiger partial charge >= 0.3 is 5.56 Å². The Labute approximate surface area is 126 Å². The molecule has 0 atom stereocenters. The molecule has 1 aromatic heterocycles. The van der Waals surface area contributed by atoms with E-state index >= 15 is 0 Å². The fourth-order valence-electron chi connectivity index (χ4n) is 1.78. The van der Waals surface area contributed by atoms with Crippen LogP contribution in [-0.2, 0) is 5.54 Å². The third kappa shape index (κ3) is 3.10. The second-order valence-electron chi connectivity index (χ2n) is 5.59. The molecule has 0 aliphatic rings. The summed E-state index contributed by atoms with van der Waals surface area (Å²) in [5.74, 6) is 0.708. The lowest BCUT2D eigenvalue weighted by Crippen LogP contribution is -2.34. The molecular formula is C15H17BrN2O2. The third-order valence-electron chi connectivity index (χ3n) is 2.89. The first-order valence-corrected chi connectivity index (χ1v) is 7.10. The van der Waals surface area contributed by atoms with Gasteiger partial charge in [-0.25, -0.2) is 4.98 Å². The van der Waals surface area contributed by atoms with E-state index in [2.05, 4.69) is 20.9 Å². The maximum Gasteiger partial charge on any atom is 0.314 e. The minimum atomic E-state index is -0.315. The first kappa shape index (κ1) is 14.8. The van der Waals surface area contributed by atoms with Crippen LogP contribution < -0.4 is 10.3 Å². The summed E-state index contributed by atoms with van der Waals surface area (Å²) in [4.78, 5) is 16.4. The molecule has 0 spiro atoms. The monoisotopic (exact) mass is 336 g/mol. The third-order valence-corrected chi connectivity index (χ3v) is 3.38. The fourth-order valence-corrected chi connectivity index (χ4v) is 2.12. The van der Waals surface area contributed by atoms with Crippen molar-refractivity contribution < 1.29 is 4.74 Å². The molecule has 2 rings (SSSR count). The van der Waals surface area contributed by atoms with Gasteiger partial charge in [-0.1, -0.05) is 22.0 Å². The zero-order valence-corrected chi connectivity index (χ0v) is 13.6. The molecule has 106 valence electrons. The lowest BCUT2D eigenvalue weighted by Gasteiger charge is -2.22. The molecule has 0 bridgehead atoms. The van der Waals surface area contributed by atoms with Gasteiger partial charge in [-0.05, 0) is 45.4 Å². The highest BCUT2D eigenvalue weighted by atomic mass is 79.9. The first-order valence-electron chi connectivity index (χ1n) is 6.31. The summed E-state index contributed by atoms with van der Waals surface area (Å²) in [5, 5.41) is 0. The number of nitrogens with zero attached hydrogens (tertiary/aromatic N) is 2. The SMILES string of the molecule is Cc1ccc(Br)cc1Oc1nccn(C(C)(C)C)c1=O. The van der Waals surface area contributed by atoms with E-state index in [0.29, 0.717) is 5.75 Å². The average molecular weight is 337 g/mol. The smallest absolute Gasteiger partial charge is 0.314 e. The summed E-state index contributed by atoms with van der Waals surface area (Å²) in [6.45, 7) is 7.81. The van der Waals surface area contributed by atoms with E-state index in [9.17, 15) is 4.79 Å². The predicted molar refractivity (Wildman–Crippen MR) is 82.4 cm³/mol. The van der Waals surface area contributed by atoms with Crippen molar-refractivity contribution in [2.75, 3.05) is 0 Å². The highest BCUT2D eigenvalue weighted by molar-refractivity contribution is 9.10. The zero-order chi connectivity index (χ0) is 14.9. The van der Waals surface area contributed by atoms with Crippen LogP contribution in [0.15, 0.2) is 39.9 Å². The van der Waals surface area contributed by atoms with Crippen molar-refractivity contribution in [2.45, 2.75) is 33.2 Å². The Balaban J connectivity index is 2.45. The molecule has 0 N–H and O–H groups in total. The Morgan fingerprint density at radius 1 is 1.30 bits per heavy atom.